The van der Waals surface area contributed by atoms with Gasteiger partial charge in [0.25, 0.3) is 5.91 Å². The number of aromatic nitrogens is 1. The lowest BCUT2D eigenvalue weighted by Gasteiger charge is -2.29. The van der Waals surface area contributed by atoms with Gasteiger partial charge in [0.05, 0.1) is 7.11 Å². The summed E-state index contributed by atoms with van der Waals surface area (Å²) in [6, 6.07) is 11.1. The predicted molar refractivity (Wildman–Crippen MR) is 113 cm³/mol. The molecule has 1 unspecified atom stereocenters. The van der Waals surface area contributed by atoms with Crippen molar-refractivity contribution in [2.75, 3.05) is 20.2 Å². The fourth-order valence-corrected chi connectivity index (χ4v) is 4.04. The van der Waals surface area contributed by atoms with Crippen LogP contribution in [0.5, 0.6) is 0 Å². The molecule has 1 atom stereocenters. The van der Waals surface area contributed by atoms with Crippen LogP contribution in [0.15, 0.2) is 48.7 Å². The highest BCUT2D eigenvalue weighted by molar-refractivity contribution is 5.99. The Balaban J connectivity index is 1.52. The zero-order valence-corrected chi connectivity index (χ0v) is 16.7. The van der Waals surface area contributed by atoms with Gasteiger partial charge in [0, 0.05) is 28.2 Å². The van der Waals surface area contributed by atoms with Crippen molar-refractivity contribution in [2.45, 2.75) is 18.9 Å². The van der Waals surface area contributed by atoms with E-state index >= 15 is 0 Å². The molecule has 2 heterocycles. The summed E-state index contributed by atoms with van der Waals surface area (Å²) in [4.78, 5) is 28.1. The molecule has 0 spiro atoms. The van der Waals surface area contributed by atoms with Crippen LogP contribution in [0.2, 0.25) is 0 Å². The van der Waals surface area contributed by atoms with Gasteiger partial charge in [-0.25, -0.2) is 9.18 Å². The summed E-state index contributed by atoms with van der Waals surface area (Å²) in [5.74, 6) is -0.972. The Morgan fingerprint density at radius 2 is 1.87 bits per heavy atom. The molecule has 3 N–H and O–H groups in total. The molecule has 6 nitrogen and oxygen atoms in total. The number of hydrogen-bond acceptors (Lipinski definition) is 4. The largest absolute Gasteiger partial charge is 0.467 e. The summed E-state index contributed by atoms with van der Waals surface area (Å²) in [7, 11) is 1.34. The van der Waals surface area contributed by atoms with Crippen LogP contribution in [0.4, 0.5) is 4.39 Å². The SMILES string of the molecule is COC(=O)C(NC(=O)c1ccc(-c2c[nH]c3cc(F)ccc23)cc1)C1CCNCC1. The number of hydrogen-bond donors (Lipinski definition) is 3. The van der Waals surface area contributed by atoms with Crippen LogP contribution < -0.4 is 10.6 Å². The number of ether oxygens (including phenoxy) is 1. The molecule has 1 saturated heterocycles. The van der Waals surface area contributed by atoms with E-state index in [0.717, 1.165) is 48.0 Å². The Bertz CT molecular complexity index is 1060. The number of amides is 1. The van der Waals surface area contributed by atoms with E-state index < -0.39 is 12.0 Å². The van der Waals surface area contributed by atoms with Crippen LogP contribution >= 0.6 is 0 Å². The van der Waals surface area contributed by atoms with Gasteiger partial charge >= 0.3 is 5.97 Å². The topological polar surface area (TPSA) is 83.2 Å². The first-order valence-electron chi connectivity index (χ1n) is 10.0. The first-order chi connectivity index (χ1) is 14.6. The van der Waals surface area contributed by atoms with Crippen molar-refractivity contribution in [1.29, 1.82) is 0 Å². The van der Waals surface area contributed by atoms with E-state index in [1.165, 1.54) is 19.2 Å². The lowest BCUT2D eigenvalue weighted by atomic mass is 9.90. The van der Waals surface area contributed by atoms with Crippen molar-refractivity contribution in [1.82, 2.24) is 15.6 Å². The number of carbonyl (C=O) groups is 2. The van der Waals surface area contributed by atoms with E-state index in [-0.39, 0.29) is 17.6 Å². The van der Waals surface area contributed by atoms with Gasteiger partial charge in [-0.3, -0.25) is 4.79 Å². The van der Waals surface area contributed by atoms with Gasteiger partial charge in [-0.1, -0.05) is 12.1 Å². The lowest BCUT2D eigenvalue weighted by molar-refractivity contribution is -0.144. The Hall–Kier alpha value is -3.19. The molecule has 30 heavy (non-hydrogen) atoms. The quantitative estimate of drug-likeness (QED) is 0.565. The number of piperidine rings is 1. The molecule has 1 aliphatic heterocycles. The molecule has 3 aromatic rings. The van der Waals surface area contributed by atoms with Gasteiger partial charge in [0.1, 0.15) is 11.9 Å². The van der Waals surface area contributed by atoms with Gasteiger partial charge < -0.3 is 20.4 Å². The minimum Gasteiger partial charge on any atom is -0.467 e. The predicted octanol–water partition coefficient (Wildman–Crippen LogP) is 3.25. The number of H-pyrrole nitrogens is 1. The van der Waals surface area contributed by atoms with Gasteiger partial charge in [-0.15, -0.1) is 0 Å². The Morgan fingerprint density at radius 3 is 2.57 bits per heavy atom. The zero-order valence-electron chi connectivity index (χ0n) is 16.7. The average Bonchev–Trinajstić information content (AvgIpc) is 3.20. The summed E-state index contributed by atoms with van der Waals surface area (Å²) in [5.41, 5.74) is 3.02. The van der Waals surface area contributed by atoms with E-state index in [1.807, 2.05) is 18.3 Å². The first-order valence-corrected chi connectivity index (χ1v) is 10.0. The molecule has 4 rings (SSSR count). The number of methoxy groups -OCH3 is 1. The van der Waals surface area contributed by atoms with Gasteiger partial charge in [0.15, 0.2) is 0 Å². The second-order valence-corrected chi connectivity index (χ2v) is 7.53. The second kappa shape index (κ2) is 8.67. The first kappa shape index (κ1) is 20.1. The number of halogens is 1. The van der Waals surface area contributed by atoms with Crippen LogP contribution in [-0.4, -0.2) is 43.1 Å². The van der Waals surface area contributed by atoms with Crippen LogP contribution in [0.25, 0.3) is 22.0 Å². The molecule has 0 bridgehead atoms. The van der Waals surface area contributed by atoms with Crippen molar-refractivity contribution >= 4 is 22.8 Å². The third kappa shape index (κ3) is 4.07. The van der Waals surface area contributed by atoms with E-state index in [9.17, 15) is 14.0 Å². The smallest absolute Gasteiger partial charge is 0.328 e. The minimum absolute atomic E-state index is 0.0496. The molecular weight excluding hydrogens is 385 g/mol. The number of benzene rings is 2. The van der Waals surface area contributed by atoms with E-state index in [0.29, 0.717) is 5.56 Å². The molecule has 1 amide bonds. The Morgan fingerprint density at radius 1 is 1.13 bits per heavy atom. The number of carbonyl (C=O) groups excluding carboxylic acids is 2. The summed E-state index contributed by atoms with van der Waals surface area (Å²) in [5, 5.41) is 7.02. The van der Waals surface area contributed by atoms with Crippen molar-refractivity contribution in [3.8, 4) is 11.1 Å². The fraction of sp³-hybridized carbons (Fsp3) is 0.304. The molecule has 1 fully saturated rings. The third-order valence-electron chi connectivity index (χ3n) is 5.70. The molecule has 1 aromatic heterocycles. The molecule has 0 aliphatic carbocycles. The van der Waals surface area contributed by atoms with Gasteiger partial charge in [-0.2, -0.15) is 0 Å². The van der Waals surface area contributed by atoms with Gasteiger partial charge in [-0.05, 0) is 67.7 Å². The molecular formula is C23H24FN3O3. The molecule has 0 radical (unpaired) electrons. The molecule has 0 saturated carbocycles. The van der Waals surface area contributed by atoms with Crippen LogP contribution in [0.1, 0.15) is 23.2 Å². The number of aromatic amines is 1. The average molecular weight is 409 g/mol. The number of nitrogens with one attached hydrogen (secondary N) is 3. The number of rotatable bonds is 5. The maximum Gasteiger partial charge on any atom is 0.328 e. The maximum atomic E-state index is 13.4. The maximum absolute atomic E-state index is 13.4. The lowest BCUT2D eigenvalue weighted by Crippen LogP contribution is -2.49. The standard InChI is InChI=1S/C23H24FN3O3/c1-30-23(29)21(15-8-10-25-11-9-15)27-22(28)16-4-2-14(3-5-16)19-13-26-20-12-17(24)6-7-18(19)20/h2-7,12-13,15,21,25-26H,8-11H2,1H3,(H,27,28). The molecule has 2 aromatic carbocycles. The summed E-state index contributed by atoms with van der Waals surface area (Å²) in [6.07, 6.45) is 3.43. The zero-order chi connectivity index (χ0) is 21.1. The second-order valence-electron chi connectivity index (χ2n) is 7.53. The molecule has 1 aliphatic rings. The van der Waals surface area contributed by atoms with Crippen molar-refractivity contribution in [3.63, 3.8) is 0 Å². The monoisotopic (exact) mass is 409 g/mol. The third-order valence-corrected chi connectivity index (χ3v) is 5.70. The van der Waals surface area contributed by atoms with E-state index in [2.05, 4.69) is 15.6 Å². The molecule has 7 heteroatoms. The van der Waals surface area contributed by atoms with Crippen LogP contribution in [-0.2, 0) is 9.53 Å². The number of fused-ring (bicyclic) bond motifs is 1. The highest BCUT2D eigenvalue weighted by Gasteiger charge is 2.31. The summed E-state index contributed by atoms with van der Waals surface area (Å²) >= 11 is 0. The highest BCUT2D eigenvalue weighted by Crippen LogP contribution is 2.29. The molecule has 156 valence electrons. The Labute approximate surface area is 173 Å². The summed E-state index contributed by atoms with van der Waals surface area (Å²) < 4.78 is 18.3. The number of esters is 1. The van der Waals surface area contributed by atoms with E-state index in [4.69, 9.17) is 4.74 Å². The van der Waals surface area contributed by atoms with Gasteiger partial charge in [0.2, 0.25) is 0 Å². The highest BCUT2D eigenvalue weighted by atomic mass is 19.1. The van der Waals surface area contributed by atoms with E-state index in [1.54, 1.807) is 18.2 Å². The fourth-order valence-electron chi connectivity index (χ4n) is 4.04. The van der Waals surface area contributed by atoms with Crippen molar-refractivity contribution in [2.24, 2.45) is 5.92 Å². The summed E-state index contributed by atoms with van der Waals surface area (Å²) in [6.45, 7) is 1.63. The van der Waals surface area contributed by atoms with Crippen LogP contribution in [0.3, 0.4) is 0 Å². The van der Waals surface area contributed by atoms with Crippen LogP contribution in [0, 0.1) is 11.7 Å². The normalized spacial score (nSPS) is 15.7. The van der Waals surface area contributed by atoms with Crippen molar-refractivity contribution in [3.05, 3.63) is 60.0 Å². The Kier molecular flexibility index (Phi) is 5.81. The minimum atomic E-state index is -0.659. The van der Waals surface area contributed by atoms with Crippen molar-refractivity contribution < 1.29 is 18.7 Å².